The molecule has 0 aliphatic rings. The van der Waals surface area contributed by atoms with Gasteiger partial charge in [-0.05, 0) is 24.5 Å². The van der Waals surface area contributed by atoms with Gasteiger partial charge in [-0.3, -0.25) is 19.7 Å². The molecule has 2 N–H and O–H groups in total. The van der Waals surface area contributed by atoms with E-state index in [1.807, 2.05) is 6.92 Å². The van der Waals surface area contributed by atoms with Crippen LogP contribution in [0.1, 0.15) is 40.0 Å². The SMILES string of the molecule is CCCCOC(=O)CC(NC(=O)C(OC(=O)Nc1ccccc1)C(C)C)C(=O)CF. The Labute approximate surface area is 175 Å². The van der Waals surface area contributed by atoms with Crippen molar-refractivity contribution in [1.29, 1.82) is 0 Å². The van der Waals surface area contributed by atoms with E-state index in [4.69, 9.17) is 9.47 Å². The molecule has 1 aromatic rings. The number of rotatable bonds is 12. The number of unbranched alkanes of at least 4 members (excludes halogenated alkanes) is 1. The zero-order valence-electron chi connectivity index (χ0n) is 17.5. The molecule has 1 aromatic carbocycles. The summed E-state index contributed by atoms with van der Waals surface area (Å²) in [6, 6.07) is 7.09. The number of para-hydroxylation sites is 1. The monoisotopic (exact) mass is 424 g/mol. The van der Waals surface area contributed by atoms with Gasteiger partial charge in [0.15, 0.2) is 11.9 Å². The number of hydrogen-bond acceptors (Lipinski definition) is 6. The zero-order valence-corrected chi connectivity index (χ0v) is 17.5. The minimum Gasteiger partial charge on any atom is -0.466 e. The van der Waals surface area contributed by atoms with Crippen LogP contribution in [0.2, 0.25) is 0 Å². The molecule has 30 heavy (non-hydrogen) atoms. The summed E-state index contributed by atoms with van der Waals surface area (Å²) in [6.07, 6.45) is -1.14. The third-order valence-electron chi connectivity index (χ3n) is 4.09. The van der Waals surface area contributed by atoms with Gasteiger partial charge in [-0.1, -0.05) is 45.4 Å². The maximum Gasteiger partial charge on any atom is 0.412 e. The Morgan fingerprint density at radius 1 is 1.10 bits per heavy atom. The summed E-state index contributed by atoms with van der Waals surface area (Å²) in [5.41, 5.74) is 0.478. The fraction of sp³-hybridized carbons (Fsp3) is 0.524. The van der Waals surface area contributed by atoms with E-state index in [9.17, 15) is 23.6 Å². The number of halogens is 1. The van der Waals surface area contributed by atoms with Crippen molar-refractivity contribution < 1.29 is 33.0 Å². The minimum atomic E-state index is -1.40. The molecule has 0 aromatic heterocycles. The Kier molecular flexibility index (Phi) is 11.1. The van der Waals surface area contributed by atoms with Crippen LogP contribution in [0.3, 0.4) is 0 Å². The van der Waals surface area contributed by atoms with E-state index >= 15 is 0 Å². The summed E-state index contributed by atoms with van der Waals surface area (Å²) < 4.78 is 23.1. The molecule has 0 aliphatic heterocycles. The molecule has 0 saturated carbocycles. The number of carbonyl (C=O) groups is 4. The average Bonchev–Trinajstić information content (AvgIpc) is 2.71. The normalized spacial score (nSPS) is 12.6. The lowest BCUT2D eigenvalue weighted by molar-refractivity contribution is -0.146. The molecule has 0 fully saturated rings. The molecule has 0 radical (unpaired) electrons. The number of ketones is 1. The molecule has 166 valence electrons. The van der Waals surface area contributed by atoms with Crippen LogP contribution in [-0.4, -0.2) is 49.2 Å². The number of alkyl halides is 1. The molecule has 0 saturated heterocycles. The molecule has 2 unspecified atom stereocenters. The first-order chi connectivity index (χ1) is 14.3. The van der Waals surface area contributed by atoms with E-state index in [1.165, 1.54) is 0 Å². The smallest absolute Gasteiger partial charge is 0.412 e. The molecule has 2 amide bonds. The van der Waals surface area contributed by atoms with Gasteiger partial charge in [-0.15, -0.1) is 0 Å². The molecule has 2 atom stereocenters. The third kappa shape index (κ3) is 9.02. The van der Waals surface area contributed by atoms with Gasteiger partial charge in [0, 0.05) is 5.69 Å². The summed E-state index contributed by atoms with van der Waals surface area (Å²) >= 11 is 0. The van der Waals surface area contributed by atoms with Gasteiger partial charge in [0.05, 0.1) is 13.0 Å². The van der Waals surface area contributed by atoms with Crippen molar-refractivity contribution in [3.05, 3.63) is 30.3 Å². The van der Waals surface area contributed by atoms with Crippen molar-refractivity contribution in [1.82, 2.24) is 5.32 Å². The van der Waals surface area contributed by atoms with Crippen LogP contribution < -0.4 is 10.6 Å². The number of anilines is 1. The number of amides is 2. The van der Waals surface area contributed by atoms with Crippen molar-refractivity contribution in [2.45, 2.75) is 52.2 Å². The summed E-state index contributed by atoms with van der Waals surface area (Å²) in [5.74, 6) is -2.93. The first-order valence-corrected chi connectivity index (χ1v) is 9.85. The molecular formula is C21H29FN2O6. The first-order valence-electron chi connectivity index (χ1n) is 9.85. The fourth-order valence-electron chi connectivity index (χ4n) is 2.42. The average molecular weight is 424 g/mol. The standard InChI is InChI=1S/C21H29FN2O6/c1-4-5-11-29-18(26)12-16(17(25)13-22)24-20(27)19(14(2)3)30-21(28)23-15-9-7-6-8-10-15/h6-10,14,16,19H,4-5,11-13H2,1-3H3,(H,23,28)(H,24,27). The summed E-state index contributed by atoms with van der Waals surface area (Å²) in [7, 11) is 0. The van der Waals surface area contributed by atoms with Crippen LogP contribution in [0, 0.1) is 5.92 Å². The van der Waals surface area contributed by atoms with Crippen LogP contribution in [0.15, 0.2) is 30.3 Å². The Morgan fingerprint density at radius 2 is 1.77 bits per heavy atom. The molecule has 0 aliphatic carbocycles. The largest absolute Gasteiger partial charge is 0.466 e. The molecule has 1 rings (SSSR count). The van der Waals surface area contributed by atoms with E-state index < -0.39 is 54.9 Å². The van der Waals surface area contributed by atoms with Gasteiger partial charge in [0.1, 0.15) is 12.7 Å². The van der Waals surface area contributed by atoms with Crippen molar-refractivity contribution in [2.75, 3.05) is 18.6 Å². The zero-order chi connectivity index (χ0) is 22.5. The minimum absolute atomic E-state index is 0.178. The van der Waals surface area contributed by atoms with Crippen LogP contribution in [-0.2, 0) is 23.9 Å². The van der Waals surface area contributed by atoms with Gasteiger partial charge in [0.2, 0.25) is 0 Å². The highest BCUT2D eigenvalue weighted by Gasteiger charge is 2.31. The predicted octanol–water partition coefficient (Wildman–Crippen LogP) is 3.02. The van der Waals surface area contributed by atoms with Crippen LogP contribution in [0.5, 0.6) is 0 Å². The Bertz CT molecular complexity index is 711. The lowest BCUT2D eigenvalue weighted by Crippen LogP contribution is -2.50. The number of benzene rings is 1. The number of carbonyl (C=O) groups excluding carboxylic acids is 4. The Morgan fingerprint density at radius 3 is 2.33 bits per heavy atom. The van der Waals surface area contributed by atoms with E-state index in [1.54, 1.807) is 44.2 Å². The number of hydrogen-bond donors (Lipinski definition) is 2. The molecule has 0 spiro atoms. The van der Waals surface area contributed by atoms with Gasteiger partial charge in [-0.2, -0.15) is 0 Å². The van der Waals surface area contributed by atoms with Gasteiger partial charge in [0.25, 0.3) is 5.91 Å². The second-order valence-electron chi connectivity index (χ2n) is 7.00. The highest BCUT2D eigenvalue weighted by atomic mass is 19.1. The van der Waals surface area contributed by atoms with Crippen molar-refractivity contribution >= 4 is 29.4 Å². The van der Waals surface area contributed by atoms with Crippen molar-refractivity contribution in [2.24, 2.45) is 5.92 Å². The number of Topliss-reactive ketones (excluding diaryl/α,β-unsaturated/α-hetero) is 1. The summed E-state index contributed by atoms with van der Waals surface area (Å²) in [5, 5.41) is 4.79. The molecule has 8 nitrogen and oxygen atoms in total. The maximum atomic E-state index is 12.9. The van der Waals surface area contributed by atoms with E-state index in [0.29, 0.717) is 12.1 Å². The van der Waals surface area contributed by atoms with Crippen molar-refractivity contribution in [3.63, 3.8) is 0 Å². The lowest BCUT2D eigenvalue weighted by atomic mass is 10.0. The lowest BCUT2D eigenvalue weighted by Gasteiger charge is -2.23. The highest BCUT2D eigenvalue weighted by molar-refractivity contribution is 5.95. The van der Waals surface area contributed by atoms with Crippen molar-refractivity contribution in [3.8, 4) is 0 Å². The number of nitrogens with one attached hydrogen (secondary N) is 2. The first kappa shape index (κ1) is 25.1. The number of ether oxygens (including phenoxy) is 2. The predicted molar refractivity (Wildman–Crippen MR) is 109 cm³/mol. The summed E-state index contributed by atoms with van der Waals surface area (Å²) in [4.78, 5) is 48.4. The molecular weight excluding hydrogens is 395 g/mol. The van der Waals surface area contributed by atoms with Crippen LogP contribution >= 0.6 is 0 Å². The number of esters is 1. The quantitative estimate of drug-likeness (QED) is 0.394. The van der Waals surface area contributed by atoms with E-state index in [2.05, 4.69) is 10.6 Å². The van der Waals surface area contributed by atoms with Gasteiger partial charge >= 0.3 is 12.1 Å². The second kappa shape index (κ2) is 13.3. The Balaban J connectivity index is 2.75. The van der Waals surface area contributed by atoms with E-state index in [-0.39, 0.29) is 6.61 Å². The topological polar surface area (TPSA) is 111 Å². The summed E-state index contributed by atoms with van der Waals surface area (Å²) in [6.45, 7) is 4.03. The van der Waals surface area contributed by atoms with Crippen LogP contribution in [0.4, 0.5) is 14.9 Å². The van der Waals surface area contributed by atoms with E-state index in [0.717, 1.165) is 6.42 Å². The Hall–Kier alpha value is -2.97. The second-order valence-corrected chi connectivity index (χ2v) is 7.00. The maximum absolute atomic E-state index is 12.9. The third-order valence-corrected chi connectivity index (χ3v) is 4.09. The molecule has 0 bridgehead atoms. The van der Waals surface area contributed by atoms with Gasteiger partial charge in [-0.25, -0.2) is 9.18 Å². The van der Waals surface area contributed by atoms with Crippen LogP contribution in [0.25, 0.3) is 0 Å². The highest BCUT2D eigenvalue weighted by Crippen LogP contribution is 2.12. The molecule has 0 heterocycles. The van der Waals surface area contributed by atoms with Gasteiger partial charge < -0.3 is 14.8 Å². The molecule has 9 heteroatoms. The fourth-order valence-corrected chi connectivity index (χ4v) is 2.42.